The summed E-state index contributed by atoms with van der Waals surface area (Å²) in [6, 6.07) is 20.9. The van der Waals surface area contributed by atoms with Crippen LogP contribution in [-0.2, 0) is 13.1 Å². The summed E-state index contributed by atoms with van der Waals surface area (Å²) in [5, 5.41) is 11.9. The van der Waals surface area contributed by atoms with Crippen LogP contribution in [0.4, 0.5) is 5.82 Å². The van der Waals surface area contributed by atoms with Gasteiger partial charge < -0.3 is 5.32 Å². The number of aromatic amines is 1. The zero-order valence-corrected chi connectivity index (χ0v) is 16.3. The standard InChI is InChI=1S/C23H24N6/c1-2-6-17(7-3-1)15-29-13-11-18(16-29)21-10-9-20-22(27-28-23(20)26-21)25-14-19-8-4-5-12-24-19/h1-10,12,18H,11,13-16H2,(H2,25,26,27,28). The van der Waals surface area contributed by atoms with Gasteiger partial charge in [0.25, 0.3) is 0 Å². The third kappa shape index (κ3) is 3.98. The van der Waals surface area contributed by atoms with Gasteiger partial charge >= 0.3 is 0 Å². The Morgan fingerprint density at radius 1 is 1.03 bits per heavy atom. The number of benzene rings is 1. The van der Waals surface area contributed by atoms with Crippen molar-refractivity contribution in [1.29, 1.82) is 0 Å². The van der Waals surface area contributed by atoms with E-state index in [1.54, 1.807) is 6.20 Å². The van der Waals surface area contributed by atoms with Gasteiger partial charge in [-0.2, -0.15) is 5.10 Å². The lowest BCUT2D eigenvalue weighted by Gasteiger charge is -2.16. The predicted molar refractivity (Wildman–Crippen MR) is 115 cm³/mol. The molecule has 4 aromatic rings. The van der Waals surface area contributed by atoms with Crippen molar-refractivity contribution in [3.63, 3.8) is 0 Å². The van der Waals surface area contributed by atoms with Crippen LogP contribution in [0.5, 0.6) is 0 Å². The number of hydrogen-bond donors (Lipinski definition) is 2. The van der Waals surface area contributed by atoms with E-state index in [1.165, 1.54) is 5.56 Å². The highest BCUT2D eigenvalue weighted by Crippen LogP contribution is 2.29. The molecule has 0 spiro atoms. The number of nitrogens with zero attached hydrogens (tertiary/aromatic N) is 4. The Hall–Kier alpha value is -3.25. The minimum Gasteiger partial charge on any atom is -0.362 e. The molecule has 0 aliphatic carbocycles. The summed E-state index contributed by atoms with van der Waals surface area (Å²) in [5.74, 6) is 1.29. The molecule has 29 heavy (non-hydrogen) atoms. The third-order valence-electron chi connectivity index (χ3n) is 5.55. The van der Waals surface area contributed by atoms with Crippen LogP contribution in [0.1, 0.15) is 29.3 Å². The van der Waals surface area contributed by atoms with Crippen molar-refractivity contribution in [3.8, 4) is 0 Å². The van der Waals surface area contributed by atoms with Crippen molar-refractivity contribution in [1.82, 2.24) is 25.1 Å². The van der Waals surface area contributed by atoms with E-state index in [0.717, 1.165) is 54.3 Å². The van der Waals surface area contributed by atoms with Crippen molar-refractivity contribution in [2.24, 2.45) is 0 Å². The molecule has 1 saturated heterocycles. The van der Waals surface area contributed by atoms with Crippen LogP contribution in [0.3, 0.4) is 0 Å². The Balaban J connectivity index is 1.26. The fraction of sp³-hybridized carbons (Fsp3) is 0.261. The van der Waals surface area contributed by atoms with E-state index >= 15 is 0 Å². The number of H-pyrrole nitrogens is 1. The van der Waals surface area contributed by atoms with Crippen molar-refractivity contribution >= 4 is 16.9 Å². The van der Waals surface area contributed by atoms with Gasteiger partial charge in [0, 0.05) is 30.9 Å². The van der Waals surface area contributed by atoms with Gasteiger partial charge in [0.15, 0.2) is 11.5 Å². The van der Waals surface area contributed by atoms with Gasteiger partial charge in [-0.25, -0.2) is 4.98 Å². The molecule has 5 rings (SSSR count). The lowest BCUT2D eigenvalue weighted by molar-refractivity contribution is 0.326. The summed E-state index contributed by atoms with van der Waals surface area (Å²) in [6.07, 6.45) is 2.94. The zero-order chi connectivity index (χ0) is 19.5. The number of nitrogens with one attached hydrogen (secondary N) is 2. The first-order valence-electron chi connectivity index (χ1n) is 10.1. The molecule has 0 saturated carbocycles. The van der Waals surface area contributed by atoms with E-state index in [1.807, 2.05) is 18.2 Å². The molecule has 6 heteroatoms. The first-order valence-corrected chi connectivity index (χ1v) is 10.1. The number of fused-ring (bicyclic) bond motifs is 1. The lowest BCUT2D eigenvalue weighted by Crippen LogP contribution is -2.19. The highest BCUT2D eigenvalue weighted by atomic mass is 15.2. The largest absolute Gasteiger partial charge is 0.362 e. The molecule has 0 radical (unpaired) electrons. The van der Waals surface area contributed by atoms with E-state index in [0.29, 0.717) is 12.5 Å². The average molecular weight is 384 g/mol. The number of likely N-dealkylation sites (tertiary alicyclic amines) is 1. The summed E-state index contributed by atoms with van der Waals surface area (Å²) in [5.41, 5.74) is 4.34. The molecule has 1 aromatic carbocycles. The quantitative estimate of drug-likeness (QED) is 0.527. The Morgan fingerprint density at radius 2 is 1.93 bits per heavy atom. The number of rotatable bonds is 6. The molecule has 1 atom stereocenters. The Kier molecular flexibility index (Phi) is 4.92. The summed E-state index contributed by atoms with van der Waals surface area (Å²) >= 11 is 0. The van der Waals surface area contributed by atoms with E-state index in [2.05, 4.69) is 67.9 Å². The molecule has 2 N–H and O–H groups in total. The van der Waals surface area contributed by atoms with Crippen LogP contribution in [-0.4, -0.2) is 38.2 Å². The summed E-state index contributed by atoms with van der Waals surface area (Å²) in [7, 11) is 0. The van der Waals surface area contributed by atoms with E-state index in [4.69, 9.17) is 4.98 Å². The molecule has 1 unspecified atom stereocenters. The van der Waals surface area contributed by atoms with Crippen LogP contribution in [0.25, 0.3) is 11.0 Å². The highest BCUT2D eigenvalue weighted by Gasteiger charge is 2.25. The smallest absolute Gasteiger partial charge is 0.157 e. The average Bonchev–Trinajstić information content (AvgIpc) is 3.40. The van der Waals surface area contributed by atoms with Crippen LogP contribution < -0.4 is 5.32 Å². The first kappa shape index (κ1) is 17.8. The van der Waals surface area contributed by atoms with Crippen molar-refractivity contribution in [2.75, 3.05) is 18.4 Å². The van der Waals surface area contributed by atoms with Crippen molar-refractivity contribution in [2.45, 2.75) is 25.4 Å². The molecular weight excluding hydrogens is 360 g/mol. The van der Waals surface area contributed by atoms with Gasteiger partial charge in [-0.1, -0.05) is 36.4 Å². The molecule has 3 aromatic heterocycles. The van der Waals surface area contributed by atoms with E-state index in [9.17, 15) is 0 Å². The zero-order valence-electron chi connectivity index (χ0n) is 16.3. The fourth-order valence-corrected chi connectivity index (χ4v) is 4.02. The van der Waals surface area contributed by atoms with Gasteiger partial charge in [0.1, 0.15) is 0 Å². The predicted octanol–water partition coefficient (Wildman–Crippen LogP) is 3.95. The number of hydrogen-bond acceptors (Lipinski definition) is 5. The maximum atomic E-state index is 4.87. The molecular formula is C23H24N6. The van der Waals surface area contributed by atoms with Crippen LogP contribution >= 0.6 is 0 Å². The van der Waals surface area contributed by atoms with Crippen LogP contribution in [0.2, 0.25) is 0 Å². The summed E-state index contributed by atoms with van der Waals surface area (Å²) in [6.45, 7) is 3.80. The topological polar surface area (TPSA) is 69.7 Å². The van der Waals surface area contributed by atoms with E-state index < -0.39 is 0 Å². The maximum absolute atomic E-state index is 4.87. The molecule has 6 nitrogen and oxygen atoms in total. The first-order chi connectivity index (χ1) is 14.3. The number of aromatic nitrogens is 4. The van der Waals surface area contributed by atoms with Gasteiger partial charge in [0.05, 0.1) is 17.6 Å². The van der Waals surface area contributed by atoms with Crippen molar-refractivity contribution in [3.05, 3.63) is 83.8 Å². The SMILES string of the molecule is c1ccc(CN2CCC(c3ccc4c(NCc5ccccn5)n[nH]c4n3)C2)cc1. The summed E-state index contributed by atoms with van der Waals surface area (Å²) in [4.78, 5) is 11.7. The van der Waals surface area contributed by atoms with Gasteiger partial charge in [-0.3, -0.25) is 15.0 Å². The Morgan fingerprint density at radius 3 is 2.79 bits per heavy atom. The molecule has 0 bridgehead atoms. The van der Waals surface area contributed by atoms with Crippen LogP contribution in [0, 0.1) is 0 Å². The van der Waals surface area contributed by atoms with E-state index in [-0.39, 0.29) is 0 Å². The molecule has 0 amide bonds. The van der Waals surface area contributed by atoms with Gasteiger partial charge in [-0.15, -0.1) is 0 Å². The Bertz CT molecular complexity index is 1080. The lowest BCUT2D eigenvalue weighted by atomic mass is 10.0. The molecule has 4 heterocycles. The third-order valence-corrected chi connectivity index (χ3v) is 5.55. The molecule has 1 fully saturated rings. The van der Waals surface area contributed by atoms with Gasteiger partial charge in [-0.05, 0) is 42.8 Å². The normalized spacial score (nSPS) is 17.0. The number of pyridine rings is 2. The second-order valence-electron chi connectivity index (χ2n) is 7.59. The summed E-state index contributed by atoms with van der Waals surface area (Å²) < 4.78 is 0. The molecule has 1 aliphatic heterocycles. The van der Waals surface area contributed by atoms with Crippen LogP contribution in [0.15, 0.2) is 66.9 Å². The molecule has 146 valence electrons. The second kappa shape index (κ2) is 8.01. The van der Waals surface area contributed by atoms with Gasteiger partial charge in [0.2, 0.25) is 0 Å². The Labute approximate surface area is 170 Å². The molecule has 1 aliphatic rings. The maximum Gasteiger partial charge on any atom is 0.157 e. The minimum absolute atomic E-state index is 0.469. The highest BCUT2D eigenvalue weighted by molar-refractivity contribution is 5.87. The minimum atomic E-state index is 0.469. The van der Waals surface area contributed by atoms with Crippen molar-refractivity contribution < 1.29 is 0 Å². The fourth-order valence-electron chi connectivity index (χ4n) is 4.02. The second-order valence-corrected chi connectivity index (χ2v) is 7.59. The monoisotopic (exact) mass is 384 g/mol. The number of anilines is 1.